The third-order valence-electron chi connectivity index (χ3n) is 4.12. The summed E-state index contributed by atoms with van der Waals surface area (Å²) >= 11 is 0. The Morgan fingerprint density at radius 2 is 1.92 bits per heavy atom. The van der Waals surface area contributed by atoms with Crippen molar-refractivity contribution in [2.45, 2.75) is 40.3 Å². The minimum atomic E-state index is -0.192. The Morgan fingerprint density at radius 1 is 1.24 bits per heavy atom. The maximum absolute atomic E-state index is 12.5. The summed E-state index contributed by atoms with van der Waals surface area (Å²) in [5, 5.41) is 7.38. The van der Waals surface area contributed by atoms with Gasteiger partial charge in [0.1, 0.15) is 0 Å². The second-order valence-corrected chi connectivity index (χ2v) is 6.38. The average molecular weight is 342 g/mol. The molecule has 0 saturated carbocycles. The van der Waals surface area contributed by atoms with E-state index in [-0.39, 0.29) is 17.9 Å². The molecule has 1 aromatic carbocycles. The van der Waals surface area contributed by atoms with Gasteiger partial charge in [0.2, 0.25) is 0 Å². The molecule has 0 saturated heterocycles. The molecular formula is C19H26N4O2. The number of carbonyl (C=O) groups excluding carboxylic acids is 2. The fourth-order valence-electron chi connectivity index (χ4n) is 2.63. The lowest BCUT2D eigenvalue weighted by molar-refractivity contribution is 0.0802. The van der Waals surface area contributed by atoms with Gasteiger partial charge in [-0.15, -0.1) is 0 Å². The Labute approximate surface area is 148 Å². The lowest BCUT2D eigenvalue weighted by Crippen LogP contribution is -2.36. The van der Waals surface area contributed by atoms with E-state index >= 15 is 0 Å². The number of hydrogen-bond donors (Lipinski definition) is 1. The zero-order chi connectivity index (χ0) is 18.6. The van der Waals surface area contributed by atoms with Crippen LogP contribution in [0.3, 0.4) is 0 Å². The Bertz CT molecular complexity index is 767. The normalized spacial score (nSPS) is 11.9. The summed E-state index contributed by atoms with van der Waals surface area (Å²) in [5.74, 6) is -0.282. The van der Waals surface area contributed by atoms with Crippen LogP contribution in [-0.2, 0) is 6.54 Å². The first-order valence-corrected chi connectivity index (χ1v) is 8.49. The zero-order valence-electron chi connectivity index (χ0n) is 15.5. The van der Waals surface area contributed by atoms with Crippen molar-refractivity contribution < 1.29 is 9.59 Å². The molecular weight excluding hydrogens is 316 g/mol. The maximum Gasteiger partial charge on any atom is 0.253 e. The number of aromatic nitrogens is 2. The summed E-state index contributed by atoms with van der Waals surface area (Å²) in [4.78, 5) is 26.3. The van der Waals surface area contributed by atoms with Crippen molar-refractivity contribution in [3.8, 4) is 0 Å². The van der Waals surface area contributed by atoms with E-state index in [1.165, 1.54) is 0 Å². The molecule has 1 unspecified atom stereocenters. The highest BCUT2D eigenvalue weighted by Gasteiger charge is 2.15. The van der Waals surface area contributed by atoms with Crippen LogP contribution in [0, 0.1) is 13.8 Å². The quantitative estimate of drug-likeness (QED) is 0.876. The molecule has 1 heterocycles. The van der Waals surface area contributed by atoms with Gasteiger partial charge in [-0.2, -0.15) is 5.10 Å². The van der Waals surface area contributed by atoms with E-state index in [1.54, 1.807) is 36.2 Å². The smallest absolute Gasteiger partial charge is 0.253 e. The highest BCUT2D eigenvalue weighted by molar-refractivity contribution is 5.99. The molecule has 0 aliphatic heterocycles. The predicted octanol–water partition coefficient (Wildman–Crippen LogP) is 2.41. The van der Waals surface area contributed by atoms with Crippen molar-refractivity contribution in [2.75, 3.05) is 13.6 Å². The first-order chi connectivity index (χ1) is 11.8. The largest absolute Gasteiger partial charge is 0.348 e. The van der Waals surface area contributed by atoms with Crippen molar-refractivity contribution in [1.29, 1.82) is 0 Å². The number of hydrogen-bond acceptors (Lipinski definition) is 3. The molecule has 0 fully saturated rings. The molecule has 0 aliphatic rings. The number of carbonyl (C=O) groups is 2. The van der Waals surface area contributed by atoms with Crippen LogP contribution in [0.5, 0.6) is 0 Å². The van der Waals surface area contributed by atoms with Crippen molar-refractivity contribution in [1.82, 2.24) is 20.0 Å². The molecule has 0 radical (unpaired) electrons. The second kappa shape index (κ2) is 7.96. The van der Waals surface area contributed by atoms with Crippen LogP contribution in [0.25, 0.3) is 0 Å². The summed E-state index contributed by atoms with van der Waals surface area (Å²) in [6, 6.07) is 8.74. The molecule has 0 spiro atoms. The second-order valence-electron chi connectivity index (χ2n) is 6.38. The van der Waals surface area contributed by atoms with Crippen LogP contribution >= 0.6 is 0 Å². The summed E-state index contributed by atoms with van der Waals surface area (Å²) in [5.41, 5.74) is 3.02. The molecule has 2 aromatic rings. The predicted molar refractivity (Wildman–Crippen MR) is 97.7 cm³/mol. The number of nitrogens with one attached hydrogen (secondary N) is 1. The van der Waals surface area contributed by atoms with Gasteiger partial charge in [0.15, 0.2) is 0 Å². The molecule has 6 nitrogen and oxygen atoms in total. The van der Waals surface area contributed by atoms with Crippen LogP contribution in [0.15, 0.2) is 30.3 Å². The molecule has 2 amide bonds. The Morgan fingerprint density at radius 3 is 2.52 bits per heavy atom. The minimum Gasteiger partial charge on any atom is -0.348 e. The third-order valence-corrected chi connectivity index (χ3v) is 4.12. The average Bonchev–Trinajstić information content (AvgIpc) is 2.90. The molecule has 0 bridgehead atoms. The number of nitrogens with zero attached hydrogens (tertiary/aromatic N) is 3. The molecule has 0 aliphatic carbocycles. The standard InChI is InChI=1S/C19H26N4O2/c1-6-22(5)19(25)17-9-7-8-16(11-17)18(24)20-14(3)12-23-15(4)10-13(2)21-23/h7-11,14H,6,12H2,1-5H3,(H,20,24). The lowest BCUT2D eigenvalue weighted by Gasteiger charge is -2.17. The van der Waals surface area contributed by atoms with Gasteiger partial charge in [0.05, 0.1) is 12.2 Å². The van der Waals surface area contributed by atoms with Crippen LogP contribution in [0.1, 0.15) is 46.0 Å². The van der Waals surface area contributed by atoms with Crippen molar-refractivity contribution >= 4 is 11.8 Å². The van der Waals surface area contributed by atoms with Gasteiger partial charge in [-0.05, 0) is 52.0 Å². The van der Waals surface area contributed by atoms with Gasteiger partial charge < -0.3 is 10.2 Å². The molecule has 2 rings (SSSR count). The topological polar surface area (TPSA) is 67.2 Å². The van der Waals surface area contributed by atoms with Crippen LogP contribution in [0.2, 0.25) is 0 Å². The minimum absolute atomic E-state index is 0.0804. The maximum atomic E-state index is 12.5. The van der Waals surface area contributed by atoms with E-state index < -0.39 is 0 Å². The highest BCUT2D eigenvalue weighted by Crippen LogP contribution is 2.09. The first kappa shape index (κ1) is 18.7. The molecule has 25 heavy (non-hydrogen) atoms. The number of rotatable bonds is 6. The summed E-state index contributed by atoms with van der Waals surface area (Å²) in [6.07, 6.45) is 0. The van der Waals surface area contributed by atoms with E-state index in [0.717, 1.165) is 11.4 Å². The van der Waals surface area contributed by atoms with Gasteiger partial charge >= 0.3 is 0 Å². The summed E-state index contributed by atoms with van der Waals surface area (Å²) < 4.78 is 1.89. The van der Waals surface area contributed by atoms with Gasteiger partial charge in [-0.3, -0.25) is 14.3 Å². The van der Waals surface area contributed by atoms with E-state index in [9.17, 15) is 9.59 Å². The number of aryl methyl sites for hydroxylation is 2. The van der Waals surface area contributed by atoms with E-state index in [0.29, 0.717) is 24.2 Å². The Hall–Kier alpha value is -2.63. The molecule has 1 atom stereocenters. The number of benzene rings is 1. The van der Waals surface area contributed by atoms with Gasteiger partial charge in [-0.1, -0.05) is 6.07 Å². The zero-order valence-corrected chi connectivity index (χ0v) is 15.5. The SMILES string of the molecule is CCN(C)C(=O)c1cccc(C(=O)NC(C)Cn2nc(C)cc2C)c1. The fourth-order valence-corrected chi connectivity index (χ4v) is 2.63. The van der Waals surface area contributed by atoms with Crippen molar-refractivity contribution in [3.05, 3.63) is 52.8 Å². The Balaban J connectivity index is 2.05. The van der Waals surface area contributed by atoms with E-state index in [4.69, 9.17) is 0 Å². The monoisotopic (exact) mass is 342 g/mol. The van der Waals surface area contributed by atoms with Crippen LogP contribution in [-0.4, -0.2) is 46.1 Å². The summed E-state index contributed by atoms with van der Waals surface area (Å²) in [7, 11) is 1.74. The van der Waals surface area contributed by atoms with E-state index in [2.05, 4.69) is 10.4 Å². The first-order valence-electron chi connectivity index (χ1n) is 8.49. The fraction of sp³-hybridized carbons (Fsp3) is 0.421. The number of amides is 2. The highest BCUT2D eigenvalue weighted by atomic mass is 16.2. The van der Waals surface area contributed by atoms with Gasteiger partial charge in [0.25, 0.3) is 11.8 Å². The third kappa shape index (κ3) is 4.68. The van der Waals surface area contributed by atoms with Crippen LogP contribution < -0.4 is 5.32 Å². The van der Waals surface area contributed by atoms with Crippen molar-refractivity contribution in [2.24, 2.45) is 0 Å². The molecule has 134 valence electrons. The summed E-state index contributed by atoms with van der Waals surface area (Å²) in [6.45, 7) is 9.01. The van der Waals surface area contributed by atoms with E-state index in [1.807, 2.05) is 38.4 Å². The van der Waals surface area contributed by atoms with Gasteiger partial charge in [-0.25, -0.2) is 0 Å². The van der Waals surface area contributed by atoms with Crippen molar-refractivity contribution in [3.63, 3.8) is 0 Å². The molecule has 1 N–H and O–H groups in total. The van der Waals surface area contributed by atoms with Gasteiger partial charge in [0, 0.05) is 36.5 Å². The Kier molecular flexibility index (Phi) is 5.96. The van der Waals surface area contributed by atoms with Crippen LogP contribution in [0.4, 0.5) is 0 Å². The lowest BCUT2D eigenvalue weighted by atomic mass is 10.1. The molecule has 1 aromatic heterocycles. The molecule has 6 heteroatoms.